The van der Waals surface area contributed by atoms with Crippen molar-refractivity contribution in [2.75, 3.05) is 20.2 Å². The number of rotatable bonds is 3. The van der Waals surface area contributed by atoms with Crippen molar-refractivity contribution in [3.05, 3.63) is 30.1 Å². The Morgan fingerprint density at radius 3 is 2.70 bits per heavy atom. The van der Waals surface area contributed by atoms with E-state index in [1.54, 1.807) is 6.92 Å². The Bertz CT molecular complexity index is 617. The molecule has 1 aliphatic rings. The van der Waals surface area contributed by atoms with E-state index in [0.29, 0.717) is 0 Å². The van der Waals surface area contributed by atoms with Gasteiger partial charge in [0, 0.05) is 13.1 Å². The maximum absolute atomic E-state index is 13.2. The summed E-state index contributed by atoms with van der Waals surface area (Å²) in [5, 5.41) is 0. The van der Waals surface area contributed by atoms with Gasteiger partial charge in [-0.05, 0) is 24.1 Å². The summed E-state index contributed by atoms with van der Waals surface area (Å²) >= 11 is 0. The van der Waals surface area contributed by atoms with Gasteiger partial charge in [-0.15, -0.1) is 0 Å². The Morgan fingerprint density at radius 1 is 1.40 bits per heavy atom. The molecule has 1 aliphatic heterocycles. The van der Waals surface area contributed by atoms with E-state index in [1.165, 1.54) is 29.6 Å². The molecule has 0 aromatic heterocycles. The average molecular weight is 301 g/mol. The third-order valence-corrected chi connectivity index (χ3v) is 5.34. The maximum Gasteiger partial charge on any atom is 0.310 e. The van der Waals surface area contributed by atoms with Gasteiger partial charge in [-0.25, -0.2) is 12.8 Å². The number of hydrogen-bond acceptors (Lipinski definition) is 4. The smallest absolute Gasteiger partial charge is 0.310 e. The Morgan fingerprint density at radius 2 is 2.10 bits per heavy atom. The van der Waals surface area contributed by atoms with E-state index < -0.39 is 27.7 Å². The average Bonchev–Trinajstić information content (AvgIpc) is 2.80. The summed E-state index contributed by atoms with van der Waals surface area (Å²) in [5.41, 5.74) is 0. The molecule has 0 N–H and O–H groups in total. The monoisotopic (exact) mass is 301 g/mol. The first kappa shape index (κ1) is 14.9. The minimum atomic E-state index is -3.78. The molecule has 1 aromatic carbocycles. The van der Waals surface area contributed by atoms with Crippen molar-refractivity contribution in [1.29, 1.82) is 0 Å². The lowest BCUT2D eigenvalue weighted by molar-refractivity contribution is -0.145. The lowest BCUT2D eigenvalue weighted by Gasteiger charge is -2.16. The lowest BCUT2D eigenvalue weighted by Crippen LogP contribution is -2.30. The van der Waals surface area contributed by atoms with Crippen LogP contribution in [0.25, 0.3) is 0 Å². The van der Waals surface area contributed by atoms with Crippen molar-refractivity contribution in [1.82, 2.24) is 4.31 Å². The Labute approximate surface area is 117 Å². The number of carbonyl (C=O) groups is 1. The minimum Gasteiger partial charge on any atom is -0.469 e. The number of carbonyl (C=O) groups excluding carboxylic acids is 1. The van der Waals surface area contributed by atoms with Crippen LogP contribution >= 0.6 is 0 Å². The van der Waals surface area contributed by atoms with Crippen LogP contribution in [0.2, 0.25) is 0 Å². The summed E-state index contributed by atoms with van der Waals surface area (Å²) in [6.45, 7) is 2.08. The molecule has 0 amide bonds. The Balaban J connectivity index is 2.26. The molecule has 1 heterocycles. The number of sulfonamides is 1. The summed E-state index contributed by atoms with van der Waals surface area (Å²) < 4.78 is 43.8. The van der Waals surface area contributed by atoms with Crippen LogP contribution in [0.15, 0.2) is 29.2 Å². The zero-order valence-corrected chi connectivity index (χ0v) is 12.1. The third-order valence-electron chi connectivity index (χ3n) is 3.52. The molecule has 2 unspecified atom stereocenters. The number of halogens is 1. The van der Waals surface area contributed by atoms with Gasteiger partial charge in [0.05, 0.1) is 17.9 Å². The van der Waals surface area contributed by atoms with Crippen LogP contribution in [0, 0.1) is 17.7 Å². The molecule has 0 bridgehead atoms. The highest BCUT2D eigenvalue weighted by atomic mass is 32.2. The molecule has 1 saturated heterocycles. The van der Waals surface area contributed by atoms with Gasteiger partial charge in [-0.1, -0.05) is 13.0 Å². The molecule has 110 valence electrons. The van der Waals surface area contributed by atoms with Crippen molar-refractivity contribution in [3.8, 4) is 0 Å². The van der Waals surface area contributed by atoms with E-state index >= 15 is 0 Å². The van der Waals surface area contributed by atoms with Gasteiger partial charge in [-0.2, -0.15) is 4.31 Å². The van der Waals surface area contributed by atoms with Crippen LogP contribution < -0.4 is 0 Å². The number of methoxy groups -OCH3 is 1. The van der Waals surface area contributed by atoms with Crippen LogP contribution in [-0.2, 0) is 19.6 Å². The number of benzene rings is 1. The summed E-state index contributed by atoms with van der Waals surface area (Å²) in [4.78, 5) is 11.5. The number of nitrogens with zero attached hydrogens (tertiary/aromatic N) is 1. The highest BCUT2D eigenvalue weighted by molar-refractivity contribution is 7.89. The van der Waals surface area contributed by atoms with Crippen molar-refractivity contribution < 1.29 is 22.3 Å². The molecule has 0 aliphatic carbocycles. The van der Waals surface area contributed by atoms with Crippen molar-refractivity contribution >= 4 is 16.0 Å². The topological polar surface area (TPSA) is 63.7 Å². The summed E-state index contributed by atoms with van der Waals surface area (Å²) in [6.07, 6.45) is 0. The standard InChI is InChI=1S/C13H16FNO4S/c1-9-7-15(8-12(9)13(16)19-2)20(17,18)11-5-3-4-10(14)6-11/h3-6,9,12H,7-8H2,1-2H3. The third kappa shape index (κ3) is 2.69. The van der Waals surface area contributed by atoms with E-state index in [2.05, 4.69) is 4.74 Å². The number of hydrogen-bond donors (Lipinski definition) is 0. The van der Waals surface area contributed by atoms with Gasteiger partial charge in [0.1, 0.15) is 5.82 Å². The van der Waals surface area contributed by atoms with Crippen molar-refractivity contribution in [2.24, 2.45) is 11.8 Å². The van der Waals surface area contributed by atoms with Crippen LogP contribution in [0.3, 0.4) is 0 Å². The van der Waals surface area contributed by atoms with E-state index in [-0.39, 0.29) is 23.9 Å². The first-order valence-corrected chi connectivity index (χ1v) is 7.64. The van der Waals surface area contributed by atoms with E-state index in [4.69, 9.17) is 0 Å². The van der Waals surface area contributed by atoms with Crippen molar-refractivity contribution in [3.63, 3.8) is 0 Å². The SMILES string of the molecule is COC(=O)C1CN(S(=O)(=O)c2cccc(F)c2)CC1C. The second-order valence-electron chi connectivity index (χ2n) is 4.89. The summed E-state index contributed by atoms with van der Waals surface area (Å²) in [6, 6.07) is 4.85. The van der Waals surface area contributed by atoms with Gasteiger partial charge in [0.25, 0.3) is 0 Å². The number of esters is 1. The largest absolute Gasteiger partial charge is 0.469 e. The molecular formula is C13H16FNO4S. The van der Waals surface area contributed by atoms with Gasteiger partial charge < -0.3 is 4.74 Å². The fourth-order valence-electron chi connectivity index (χ4n) is 2.35. The van der Waals surface area contributed by atoms with E-state index in [1.807, 2.05) is 0 Å². The van der Waals surface area contributed by atoms with Crippen LogP contribution in [-0.4, -0.2) is 38.9 Å². The number of ether oxygens (including phenoxy) is 1. The highest BCUT2D eigenvalue weighted by Gasteiger charge is 2.41. The molecule has 20 heavy (non-hydrogen) atoms. The quantitative estimate of drug-likeness (QED) is 0.788. The molecule has 0 spiro atoms. The highest BCUT2D eigenvalue weighted by Crippen LogP contribution is 2.29. The second-order valence-corrected chi connectivity index (χ2v) is 6.82. The van der Waals surface area contributed by atoms with Crippen LogP contribution in [0.5, 0.6) is 0 Å². The van der Waals surface area contributed by atoms with Gasteiger partial charge in [0.2, 0.25) is 10.0 Å². The summed E-state index contributed by atoms with van der Waals surface area (Å²) in [5.74, 6) is -1.65. The predicted octanol–water partition coefficient (Wildman–Crippen LogP) is 1.26. The second kappa shape index (κ2) is 5.49. The molecule has 0 saturated carbocycles. The molecular weight excluding hydrogens is 285 g/mol. The van der Waals surface area contributed by atoms with E-state index in [9.17, 15) is 17.6 Å². The maximum atomic E-state index is 13.2. The van der Waals surface area contributed by atoms with Crippen LogP contribution in [0.4, 0.5) is 4.39 Å². The molecule has 2 atom stereocenters. The van der Waals surface area contributed by atoms with E-state index in [0.717, 1.165) is 6.07 Å². The molecule has 0 radical (unpaired) electrons. The zero-order chi connectivity index (χ0) is 14.9. The van der Waals surface area contributed by atoms with Gasteiger partial charge in [0.15, 0.2) is 0 Å². The van der Waals surface area contributed by atoms with Gasteiger partial charge in [-0.3, -0.25) is 4.79 Å². The summed E-state index contributed by atoms with van der Waals surface area (Å²) in [7, 11) is -2.51. The lowest BCUT2D eigenvalue weighted by atomic mass is 9.99. The fourth-order valence-corrected chi connectivity index (χ4v) is 3.95. The molecule has 1 aromatic rings. The Hall–Kier alpha value is -1.47. The first-order valence-electron chi connectivity index (χ1n) is 6.20. The molecule has 7 heteroatoms. The Kier molecular flexibility index (Phi) is 4.10. The fraction of sp³-hybridized carbons (Fsp3) is 0.462. The normalized spacial score (nSPS) is 23.8. The predicted molar refractivity (Wildman–Crippen MR) is 69.8 cm³/mol. The zero-order valence-electron chi connectivity index (χ0n) is 11.2. The molecule has 1 fully saturated rings. The molecule has 5 nitrogen and oxygen atoms in total. The van der Waals surface area contributed by atoms with Gasteiger partial charge >= 0.3 is 5.97 Å². The molecule has 2 rings (SSSR count). The van der Waals surface area contributed by atoms with Crippen molar-refractivity contribution in [2.45, 2.75) is 11.8 Å². The van der Waals surface area contributed by atoms with Crippen LogP contribution in [0.1, 0.15) is 6.92 Å². The minimum absolute atomic E-state index is 0.0622. The first-order chi connectivity index (χ1) is 9.36.